The van der Waals surface area contributed by atoms with E-state index in [0.29, 0.717) is 23.5 Å². The molecule has 0 aromatic heterocycles. The zero-order valence-corrected chi connectivity index (χ0v) is 12.1. The standard InChI is InChI=1S/C17H23NO/c1-12(2)16-9-4-13(3)10-17(16)19-15-7-5-14(11-18)6-8-15/h5-8,12-13,16-17H,4,9-10H2,1-3H3/t13-,16+,17?/m1/s1. The maximum Gasteiger partial charge on any atom is 0.119 e. The molecule has 1 aliphatic rings. The molecular formula is C17H23NO. The van der Waals surface area contributed by atoms with E-state index in [2.05, 4.69) is 26.8 Å². The van der Waals surface area contributed by atoms with Crippen molar-refractivity contribution in [2.45, 2.75) is 46.1 Å². The first-order chi connectivity index (χ1) is 9.10. The number of nitrogens with zero attached hydrogens (tertiary/aromatic N) is 1. The van der Waals surface area contributed by atoms with Gasteiger partial charge in [0.2, 0.25) is 0 Å². The van der Waals surface area contributed by atoms with Gasteiger partial charge in [-0.1, -0.05) is 27.2 Å². The molecule has 2 heteroatoms. The molecule has 3 atom stereocenters. The minimum Gasteiger partial charge on any atom is -0.490 e. The summed E-state index contributed by atoms with van der Waals surface area (Å²) in [6, 6.07) is 9.61. The van der Waals surface area contributed by atoms with Gasteiger partial charge in [0.05, 0.1) is 11.6 Å². The van der Waals surface area contributed by atoms with Crippen LogP contribution in [0, 0.1) is 29.1 Å². The molecule has 1 unspecified atom stereocenters. The predicted molar refractivity (Wildman–Crippen MR) is 76.9 cm³/mol. The molecule has 1 aromatic carbocycles. The summed E-state index contributed by atoms with van der Waals surface area (Å²) in [6.07, 6.45) is 4.04. The van der Waals surface area contributed by atoms with Gasteiger partial charge in [0.25, 0.3) is 0 Å². The topological polar surface area (TPSA) is 33.0 Å². The smallest absolute Gasteiger partial charge is 0.119 e. The molecule has 1 saturated carbocycles. The summed E-state index contributed by atoms with van der Waals surface area (Å²) in [5, 5.41) is 8.81. The first-order valence-corrected chi connectivity index (χ1v) is 7.27. The van der Waals surface area contributed by atoms with Gasteiger partial charge in [-0.2, -0.15) is 5.26 Å². The molecular weight excluding hydrogens is 234 g/mol. The molecule has 1 aromatic rings. The van der Waals surface area contributed by atoms with Crippen molar-refractivity contribution in [1.29, 1.82) is 5.26 Å². The molecule has 0 N–H and O–H groups in total. The Labute approximate surface area is 116 Å². The summed E-state index contributed by atoms with van der Waals surface area (Å²) in [5.74, 6) is 2.95. The van der Waals surface area contributed by atoms with Crippen LogP contribution in [0.1, 0.15) is 45.6 Å². The van der Waals surface area contributed by atoms with Crippen molar-refractivity contribution in [3.8, 4) is 11.8 Å². The van der Waals surface area contributed by atoms with Gasteiger partial charge in [-0.15, -0.1) is 0 Å². The zero-order chi connectivity index (χ0) is 13.8. The molecule has 0 spiro atoms. The van der Waals surface area contributed by atoms with E-state index in [1.54, 1.807) is 0 Å². The summed E-state index contributed by atoms with van der Waals surface area (Å²) < 4.78 is 6.19. The van der Waals surface area contributed by atoms with Gasteiger partial charge in [0.15, 0.2) is 0 Å². The second kappa shape index (κ2) is 6.10. The van der Waals surface area contributed by atoms with Crippen LogP contribution in [0.25, 0.3) is 0 Å². The van der Waals surface area contributed by atoms with Crippen molar-refractivity contribution < 1.29 is 4.74 Å². The Morgan fingerprint density at radius 2 is 1.89 bits per heavy atom. The number of hydrogen-bond donors (Lipinski definition) is 0. The van der Waals surface area contributed by atoms with Crippen molar-refractivity contribution in [2.24, 2.45) is 17.8 Å². The fourth-order valence-electron chi connectivity index (χ4n) is 3.03. The largest absolute Gasteiger partial charge is 0.490 e. The summed E-state index contributed by atoms with van der Waals surface area (Å²) >= 11 is 0. The van der Waals surface area contributed by atoms with Crippen LogP contribution in [-0.2, 0) is 0 Å². The normalized spacial score (nSPS) is 27.0. The van der Waals surface area contributed by atoms with Crippen molar-refractivity contribution in [2.75, 3.05) is 0 Å². The zero-order valence-electron chi connectivity index (χ0n) is 12.1. The second-order valence-electron chi connectivity index (χ2n) is 6.12. The van der Waals surface area contributed by atoms with Crippen LogP contribution in [0.3, 0.4) is 0 Å². The van der Waals surface area contributed by atoms with E-state index in [4.69, 9.17) is 10.00 Å². The maximum absolute atomic E-state index is 8.81. The fraction of sp³-hybridized carbons (Fsp3) is 0.588. The number of hydrogen-bond acceptors (Lipinski definition) is 2. The van der Waals surface area contributed by atoms with Crippen LogP contribution in [0.2, 0.25) is 0 Å². The van der Waals surface area contributed by atoms with Gasteiger partial charge >= 0.3 is 0 Å². The van der Waals surface area contributed by atoms with E-state index < -0.39 is 0 Å². The Morgan fingerprint density at radius 3 is 2.47 bits per heavy atom. The number of rotatable bonds is 3. The molecule has 0 bridgehead atoms. The Bertz CT molecular complexity index is 443. The van der Waals surface area contributed by atoms with Gasteiger partial charge < -0.3 is 4.74 Å². The average Bonchev–Trinajstić information content (AvgIpc) is 2.39. The summed E-state index contributed by atoms with van der Waals surface area (Å²) in [4.78, 5) is 0. The monoisotopic (exact) mass is 257 g/mol. The molecule has 0 radical (unpaired) electrons. The Hall–Kier alpha value is -1.49. The van der Waals surface area contributed by atoms with Gasteiger partial charge in [0.1, 0.15) is 11.9 Å². The number of nitriles is 1. The molecule has 2 rings (SSSR count). The molecule has 0 heterocycles. The Kier molecular flexibility index (Phi) is 4.47. The minimum atomic E-state index is 0.316. The number of ether oxygens (including phenoxy) is 1. The van der Waals surface area contributed by atoms with Gasteiger partial charge in [0, 0.05) is 0 Å². The summed E-state index contributed by atoms with van der Waals surface area (Å²) in [5.41, 5.74) is 0.685. The molecule has 0 saturated heterocycles. The molecule has 0 aliphatic heterocycles. The lowest BCUT2D eigenvalue weighted by molar-refractivity contribution is 0.0460. The first-order valence-electron chi connectivity index (χ1n) is 7.27. The van der Waals surface area contributed by atoms with Gasteiger partial charge in [-0.05, 0) is 54.9 Å². The molecule has 2 nitrogen and oxygen atoms in total. The lowest BCUT2D eigenvalue weighted by Crippen LogP contribution is -2.36. The van der Waals surface area contributed by atoms with Crippen molar-refractivity contribution in [1.82, 2.24) is 0 Å². The summed E-state index contributed by atoms with van der Waals surface area (Å²) in [7, 11) is 0. The highest BCUT2D eigenvalue weighted by atomic mass is 16.5. The van der Waals surface area contributed by atoms with Crippen molar-refractivity contribution in [3.05, 3.63) is 29.8 Å². The molecule has 0 amide bonds. The maximum atomic E-state index is 8.81. The third kappa shape index (κ3) is 3.50. The van der Waals surface area contributed by atoms with E-state index in [1.165, 1.54) is 12.8 Å². The van der Waals surface area contributed by atoms with Crippen LogP contribution in [0.5, 0.6) is 5.75 Å². The first kappa shape index (κ1) is 13.9. The van der Waals surface area contributed by atoms with Crippen molar-refractivity contribution in [3.63, 3.8) is 0 Å². The van der Waals surface area contributed by atoms with Crippen LogP contribution < -0.4 is 4.74 Å². The lowest BCUT2D eigenvalue weighted by Gasteiger charge is -2.37. The van der Waals surface area contributed by atoms with Crippen molar-refractivity contribution >= 4 is 0 Å². The molecule has 19 heavy (non-hydrogen) atoms. The average molecular weight is 257 g/mol. The number of benzene rings is 1. The highest BCUT2D eigenvalue weighted by Gasteiger charge is 2.32. The van der Waals surface area contributed by atoms with Gasteiger partial charge in [-0.3, -0.25) is 0 Å². The molecule has 1 fully saturated rings. The summed E-state index contributed by atoms with van der Waals surface area (Å²) in [6.45, 7) is 6.89. The van der Waals surface area contributed by atoms with Crippen LogP contribution >= 0.6 is 0 Å². The lowest BCUT2D eigenvalue weighted by atomic mass is 9.75. The minimum absolute atomic E-state index is 0.316. The van der Waals surface area contributed by atoms with E-state index in [-0.39, 0.29) is 0 Å². The SMILES string of the molecule is CC(C)[C@@H]1CC[C@@H](C)CC1Oc1ccc(C#N)cc1. The third-order valence-corrected chi connectivity index (χ3v) is 4.23. The molecule has 1 aliphatic carbocycles. The third-order valence-electron chi connectivity index (χ3n) is 4.23. The van der Waals surface area contributed by atoms with Crippen LogP contribution in [-0.4, -0.2) is 6.10 Å². The van der Waals surface area contributed by atoms with Crippen LogP contribution in [0.4, 0.5) is 0 Å². The van der Waals surface area contributed by atoms with E-state index in [9.17, 15) is 0 Å². The fourth-order valence-corrected chi connectivity index (χ4v) is 3.03. The Balaban J connectivity index is 2.07. The second-order valence-corrected chi connectivity index (χ2v) is 6.12. The Morgan fingerprint density at radius 1 is 1.21 bits per heavy atom. The van der Waals surface area contributed by atoms with E-state index >= 15 is 0 Å². The predicted octanol–water partition coefficient (Wildman–Crippen LogP) is 4.40. The highest BCUT2D eigenvalue weighted by Crippen LogP contribution is 2.35. The van der Waals surface area contributed by atoms with Gasteiger partial charge in [-0.25, -0.2) is 0 Å². The quantitative estimate of drug-likeness (QED) is 0.804. The van der Waals surface area contributed by atoms with E-state index in [1.807, 2.05) is 24.3 Å². The van der Waals surface area contributed by atoms with Crippen LogP contribution in [0.15, 0.2) is 24.3 Å². The van der Waals surface area contributed by atoms with E-state index in [0.717, 1.165) is 18.1 Å². The molecule has 102 valence electrons. The highest BCUT2D eigenvalue weighted by molar-refractivity contribution is 5.34.